The van der Waals surface area contributed by atoms with Crippen molar-refractivity contribution in [2.24, 2.45) is 11.8 Å². The summed E-state index contributed by atoms with van der Waals surface area (Å²) in [6.45, 7) is 10.4. The molecule has 0 spiro atoms. The molecule has 3 saturated heterocycles. The fraction of sp³-hybridized carbons (Fsp3) is 0.833. The normalized spacial score (nSPS) is 29.0. The van der Waals surface area contributed by atoms with Gasteiger partial charge in [0.1, 0.15) is 0 Å². The fourth-order valence-electron chi connectivity index (χ4n) is 3.98. The molecule has 1 N–H and O–H groups in total. The average molecular weight is 349 g/mol. The third-order valence-electron chi connectivity index (χ3n) is 5.53. The molecule has 2 bridgehead atoms. The number of nitrogens with zero attached hydrogens (tertiary/aromatic N) is 4. The van der Waals surface area contributed by atoms with E-state index in [1.54, 1.807) is 7.11 Å². The average Bonchev–Trinajstić information content (AvgIpc) is 3.04. The summed E-state index contributed by atoms with van der Waals surface area (Å²) < 4.78 is 6.98. The molecule has 0 aliphatic carbocycles. The van der Waals surface area contributed by atoms with E-state index < -0.39 is 0 Å². The van der Waals surface area contributed by atoms with Gasteiger partial charge in [-0.05, 0) is 25.3 Å². The van der Waals surface area contributed by atoms with Crippen LogP contribution in [0.5, 0.6) is 0 Å². The highest BCUT2D eigenvalue weighted by molar-refractivity contribution is 5.79. The van der Waals surface area contributed by atoms with E-state index in [0.717, 1.165) is 38.2 Å². The Morgan fingerprint density at radius 2 is 2.24 bits per heavy atom. The van der Waals surface area contributed by atoms with Crippen molar-refractivity contribution in [3.63, 3.8) is 0 Å². The number of hydrogen-bond acceptors (Lipinski definition) is 5. The number of methoxy groups -OCH3 is 1. The van der Waals surface area contributed by atoms with Crippen LogP contribution in [0.2, 0.25) is 0 Å². The molecule has 3 fully saturated rings. The van der Waals surface area contributed by atoms with Crippen molar-refractivity contribution in [3.8, 4) is 0 Å². The minimum atomic E-state index is 0.0233. The Morgan fingerprint density at radius 1 is 1.44 bits per heavy atom. The number of ether oxygens (including phenoxy) is 1. The number of aromatic nitrogens is 3. The van der Waals surface area contributed by atoms with Gasteiger partial charge in [-0.15, -0.1) is 5.10 Å². The molecule has 4 heterocycles. The molecule has 4 atom stereocenters. The highest BCUT2D eigenvalue weighted by Crippen LogP contribution is 2.37. The lowest BCUT2D eigenvalue weighted by atomic mass is 9.75. The second kappa shape index (κ2) is 7.41. The van der Waals surface area contributed by atoms with Gasteiger partial charge in [-0.25, -0.2) is 0 Å². The van der Waals surface area contributed by atoms with E-state index in [-0.39, 0.29) is 17.2 Å². The van der Waals surface area contributed by atoms with Crippen LogP contribution in [0.3, 0.4) is 0 Å². The first-order valence-electron chi connectivity index (χ1n) is 9.30. The first kappa shape index (κ1) is 18.3. The number of amides is 1. The summed E-state index contributed by atoms with van der Waals surface area (Å²) >= 11 is 0. The molecule has 140 valence electrons. The molecule has 4 rings (SSSR count). The van der Waals surface area contributed by atoms with Gasteiger partial charge in [-0.3, -0.25) is 14.4 Å². The van der Waals surface area contributed by atoms with Crippen molar-refractivity contribution in [2.75, 3.05) is 33.4 Å². The van der Waals surface area contributed by atoms with Crippen molar-refractivity contribution in [2.45, 2.75) is 51.6 Å². The van der Waals surface area contributed by atoms with E-state index in [1.165, 1.54) is 0 Å². The van der Waals surface area contributed by atoms with Crippen LogP contribution in [0.4, 0.5) is 0 Å². The van der Waals surface area contributed by atoms with Crippen LogP contribution in [0.25, 0.3) is 0 Å². The first-order chi connectivity index (χ1) is 11.9. The molecule has 3 aliphatic rings. The van der Waals surface area contributed by atoms with Crippen LogP contribution in [-0.4, -0.2) is 65.2 Å². The Balaban J connectivity index is 1.57. The van der Waals surface area contributed by atoms with Crippen LogP contribution in [0.15, 0.2) is 6.20 Å². The highest BCUT2D eigenvalue weighted by Gasteiger charge is 2.43. The number of piperidine rings is 3. The second-order valence-corrected chi connectivity index (χ2v) is 8.40. The van der Waals surface area contributed by atoms with Crippen molar-refractivity contribution < 1.29 is 9.53 Å². The summed E-state index contributed by atoms with van der Waals surface area (Å²) in [6.07, 6.45) is 4.24. The maximum Gasteiger partial charge on any atom is 0.224 e. The van der Waals surface area contributed by atoms with E-state index in [2.05, 4.69) is 47.5 Å². The van der Waals surface area contributed by atoms with E-state index in [0.29, 0.717) is 25.1 Å². The van der Waals surface area contributed by atoms with Crippen LogP contribution in [-0.2, 0) is 21.5 Å². The first-order valence-corrected chi connectivity index (χ1v) is 9.30. The number of nitrogens with one attached hydrogen (secondary N) is 1. The Morgan fingerprint density at radius 3 is 2.84 bits per heavy atom. The van der Waals surface area contributed by atoms with Gasteiger partial charge in [-0.1, -0.05) is 26.0 Å². The van der Waals surface area contributed by atoms with Crippen molar-refractivity contribution >= 4 is 5.91 Å². The van der Waals surface area contributed by atoms with Gasteiger partial charge >= 0.3 is 0 Å². The molecule has 25 heavy (non-hydrogen) atoms. The lowest BCUT2D eigenvalue weighted by Gasteiger charge is -2.49. The zero-order valence-corrected chi connectivity index (χ0v) is 15.9. The molecule has 3 aliphatic heterocycles. The molecule has 0 saturated carbocycles. The quantitative estimate of drug-likeness (QED) is 0.777. The predicted molar refractivity (Wildman–Crippen MR) is 95.2 cm³/mol. The molecule has 1 aromatic heterocycles. The smallest absolute Gasteiger partial charge is 0.224 e. The largest absolute Gasteiger partial charge is 0.383 e. The molecule has 7 heteroatoms. The zero-order valence-electron chi connectivity index (χ0n) is 15.9. The highest BCUT2D eigenvalue weighted by atomic mass is 16.5. The maximum absolute atomic E-state index is 12.4. The van der Waals surface area contributed by atoms with Crippen molar-refractivity contribution in [1.29, 1.82) is 0 Å². The summed E-state index contributed by atoms with van der Waals surface area (Å²) in [4.78, 5) is 14.9. The Kier molecular flexibility index (Phi) is 5.43. The summed E-state index contributed by atoms with van der Waals surface area (Å²) in [5.74, 6) is 0.770. The minimum absolute atomic E-state index is 0.0233. The Bertz CT molecular complexity index is 595. The van der Waals surface area contributed by atoms with Gasteiger partial charge in [0.05, 0.1) is 24.8 Å². The lowest BCUT2D eigenvalue weighted by molar-refractivity contribution is -0.133. The van der Waals surface area contributed by atoms with Gasteiger partial charge in [0, 0.05) is 37.9 Å². The van der Waals surface area contributed by atoms with Gasteiger partial charge in [-0.2, -0.15) is 0 Å². The summed E-state index contributed by atoms with van der Waals surface area (Å²) in [5.41, 5.74) is 1.05. The monoisotopic (exact) mass is 349 g/mol. The van der Waals surface area contributed by atoms with Gasteiger partial charge in [0.2, 0.25) is 5.91 Å². The van der Waals surface area contributed by atoms with Crippen molar-refractivity contribution in [1.82, 2.24) is 25.2 Å². The van der Waals surface area contributed by atoms with E-state index in [9.17, 15) is 4.79 Å². The van der Waals surface area contributed by atoms with Crippen LogP contribution >= 0.6 is 0 Å². The predicted octanol–water partition coefficient (Wildman–Crippen LogP) is 1.05. The number of carbonyl (C=O) groups excluding carboxylic acids is 1. The van der Waals surface area contributed by atoms with Gasteiger partial charge in [0.15, 0.2) is 0 Å². The molecule has 0 aromatic carbocycles. The molecule has 7 nitrogen and oxygen atoms in total. The topological polar surface area (TPSA) is 72.3 Å². The number of hydrogen-bond donors (Lipinski definition) is 1. The SMILES string of the molecule is COCCNC(=O)[C@H]1CN2CC[C@@H]1C[C@@H]2Cn1cc(C(C)(C)C)nn1. The summed E-state index contributed by atoms with van der Waals surface area (Å²) in [6, 6.07) is 0.455. The molecule has 1 amide bonds. The lowest BCUT2D eigenvalue weighted by Crippen LogP contribution is -2.58. The maximum atomic E-state index is 12.4. The molecule has 1 unspecified atom stereocenters. The zero-order chi connectivity index (χ0) is 18.0. The number of fused-ring (bicyclic) bond motifs is 3. The van der Waals surface area contributed by atoms with Crippen LogP contribution in [0.1, 0.15) is 39.3 Å². The number of rotatable bonds is 6. The third kappa shape index (κ3) is 4.20. The summed E-state index contributed by atoms with van der Waals surface area (Å²) in [5, 5.41) is 11.6. The van der Waals surface area contributed by atoms with Crippen LogP contribution in [0, 0.1) is 11.8 Å². The Labute approximate surface area is 150 Å². The van der Waals surface area contributed by atoms with Gasteiger partial charge < -0.3 is 10.1 Å². The standard InChI is InChI=1S/C18H31N5O2/c1-18(2,3)16-12-23(21-20-16)10-14-9-13-5-7-22(14)11-15(13)17(24)19-6-8-25-4/h12-15H,5-11H2,1-4H3,(H,19,24)/t13-,14-,15+/m1/s1. The van der Waals surface area contributed by atoms with Gasteiger partial charge in [0.25, 0.3) is 0 Å². The Hall–Kier alpha value is -1.47. The summed E-state index contributed by atoms with van der Waals surface area (Å²) in [7, 11) is 1.65. The van der Waals surface area contributed by atoms with E-state index >= 15 is 0 Å². The second-order valence-electron chi connectivity index (χ2n) is 8.40. The van der Waals surface area contributed by atoms with Crippen molar-refractivity contribution in [3.05, 3.63) is 11.9 Å². The minimum Gasteiger partial charge on any atom is -0.383 e. The van der Waals surface area contributed by atoms with E-state index in [1.807, 2.05) is 4.68 Å². The molecular formula is C18H31N5O2. The number of carbonyl (C=O) groups is 1. The molecule has 1 aromatic rings. The molecule has 0 radical (unpaired) electrons. The molecular weight excluding hydrogens is 318 g/mol. The fourth-order valence-corrected chi connectivity index (χ4v) is 3.98. The van der Waals surface area contributed by atoms with E-state index in [4.69, 9.17) is 4.74 Å². The van der Waals surface area contributed by atoms with Crippen LogP contribution < -0.4 is 5.32 Å². The third-order valence-corrected chi connectivity index (χ3v) is 5.53.